The van der Waals surface area contributed by atoms with Gasteiger partial charge in [-0.1, -0.05) is 13.8 Å². The van der Waals surface area contributed by atoms with E-state index in [1.54, 1.807) is 0 Å². The van der Waals surface area contributed by atoms with E-state index in [4.69, 9.17) is 0 Å². The number of hydrogen-bond acceptors (Lipinski definition) is 2. The van der Waals surface area contributed by atoms with E-state index in [0.717, 1.165) is 25.2 Å². The summed E-state index contributed by atoms with van der Waals surface area (Å²) >= 11 is 0. The number of nitrogens with zero attached hydrogens (tertiary/aromatic N) is 2. The van der Waals surface area contributed by atoms with E-state index in [-0.39, 0.29) is 0 Å². The largest absolute Gasteiger partial charge is 0.311 e. The molecule has 1 saturated heterocycles. The summed E-state index contributed by atoms with van der Waals surface area (Å²) < 4.78 is 2.15. The van der Waals surface area contributed by atoms with Crippen molar-refractivity contribution in [2.24, 2.45) is 5.92 Å². The zero-order chi connectivity index (χ0) is 12.5. The summed E-state index contributed by atoms with van der Waals surface area (Å²) in [5, 5.41) is 8.29. The van der Waals surface area contributed by atoms with Crippen LogP contribution in [0.2, 0.25) is 0 Å². The molecule has 1 aromatic rings. The number of aryl methyl sites for hydroxylation is 2. The lowest BCUT2D eigenvalue weighted by atomic mass is 9.81. The fourth-order valence-electron chi connectivity index (χ4n) is 3.02. The first-order valence-electron chi connectivity index (χ1n) is 6.86. The third-order valence-corrected chi connectivity index (χ3v) is 4.16. The Balaban J connectivity index is 2.23. The van der Waals surface area contributed by atoms with E-state index in [1.165, 1.54) is 18.5 Å². The van der Waals surface area contributed by atoms with E-state index in [1.807, 2.05) is 0 Å². The summed E-state index contributed by atoms with van der Waals surface area (Å²) in [5.41, 5.74) is 2.81. The van der Waals surface area contributed by atoms with E-state index in [0.29, 0.717) is 11.5 Å². The van der Waals surface area contributed by atoms with Crippen molar-refractivity contribution in [2.45, 2.75) is 59.0 Å². The molecule has 0 radical (unpaired) electrons. The number of rotatable bonds is 4. The van der Waals surface area contributed by atoms with Crippen molar-refractivity contribution in [2.75, 3.05) is 6.54 Å². The summed E-state index contributed by atoms with van der Waals surface area (Å²) in [6.45, 7) is 11.0. The van der Waals surface area contributed by atoms with Crippen LogP contribution in [0.15, 0.2) is 6.07 Å². The molecule has 0 aromatic carbocycles. The Labute approximate surface area is 105 Å². The van der Waals surface area contributed by atoms with E-state index in [9.17, 15) is 0 Å². The van der Waals surface area contributed by atoms with Gasteiger partial charge in [-0.25, -0.2) is 0 Å². The first-order chi connectivity index (χ1) is 8.07. The van der Waals surface area contributed by atoms with Crippen LogP contribution in [-0.2, 0) is 13.0 Å². The van der Waals surface area contributed by atoms with E-state index < -0.39 is 0 Å². The lowest BCUT2D eigenvalue weighted by Gasteiger charge is -2.34. The first kappa shape index (κ1) is 12.6. The highest BCUT2D eigenvalue weighted by Gasteiger charge is 2.37. The SMILES string of the molecule is CCn1nc(C)cc1CC1(C(C)C)CCCN1. The van der Waals surface area contributed by atoms with Crippen LogP contribution < -0.4 is 5.32 Å². The highest BCUT2D eigenvalue weighted by molar-refractivity contribution is 5.14. The molecule has 1 aliphatic rings. The Morgan fingerprint density at radius 1 is 1.53 bits per heavy atom. The molecule has 2 heterocycles. The molecule has 0 spiro atoms. The summed E-state index contributed by atoms with van der Waals surface area (Å²) in [7, 11) is 0. The minimum absolute atomic E-state index is 0.291. The van der Waals surface area contributed by atoms with Gasteiger partial charge in [0.05, 0.1) is 5.69 Å². The van der Waals surface area contributed by atoms with Crippen LogP contribution in [-0.4, -0.2) is 21.9 Å². The lowest BCUT2D eigenvalue weighted by Crippen LogP contribution is -2.47. The molecule has 0 aliphatic carbocycles. The van der Waals surface area contributed by atoms with Crippen LogP contribution in [0, 0.1) is 12.8 Å². The summed E-state index contributed by atoms with van der Waals surface area (Å²) in [6.07, 6.45) is 3.70. The highest BCUT2D eigenvalue weighted by Crippen LogP contribution is 2.31. The highest BCUT2D eigenvalue weighted by atomic mass is 15.3. The summed E-state index contributed by atoms with van der Waals surface area (Å²) in [6, 6.07) is 2.24. The van der Waals surface area contributed by atoms with Crippen molar-refractivity contribution in [3.05, 3.63) is 17.5 Å². The van der Waals surface area contributed by atoms with Gasteiger partial charge in [0, 0.05) is 24.2 Å². The second-order valence-electron chi connectivity index (χ2n) is 5.61. The van der Waals surface area contributed by atoms with Gasteiger partial charge in [-0.2, -0.15) is 5.10 Å². The molecule has 1 fully saturated rings. The molecule has 0 bridgehead atoms. The molecular weight excluding hydrogens is 210 g/mol. The van der Waals surface area contributed by atoms with Gasteiger partial charge in [-0.05, 0) is 45.2 Å². The van der Waals surface area contributed by atoms with Gasteiger partial charge >= 0.3 is 0 Å². The van der Waals surface area contributed by atoms with Gasteiger partial charge in [0.1, 0.15) is 0 Å². The predicted molar refractivity (Wildman–Crippen MR) is 71.1 cm³/mol. The molecule has 96 valence electrons. The lowest BCUT2D eigenvalue weighted by molar-refractivity contribution is 0.263. The maximum absolute atomic E-state index is 4.55. The van der Waals surface area contributed by atoms with Crippen molar-refractivity contribution in [1.29, 1.82) is 0 Å². The van der Waals surface area contributed by atoms with Crippen molar-refractivity contribution < 1.29 is 0 Å². The van der Waals surface area contributed by atoms with Crippen LogP contribution in [0.25, 0.3) is 0 Å². The first-order valence-corrected chi connectivity index (χ1v) is 6.86. The molecule has 1 unspecified atom stereocenters. The number of hydrogen-bond donors (Lipinski definition) is 1. The standard InChI is InChI=1S/C14H25N3/c1-5-17-13(9-12(4)16-17)10-14(11(2)3)7-6-8-15-14/h9,11,15H,5-8,10H2,1-4H3. The Kier molecular flexibility index (Phi) is 3.57. The summed E-state index contributed by atoms with van der Waals surface area (Å²) in [5.74, 6) is 0.672. The maximum atomic E-state index is 4.55. The van der Waals surface area contributed by atoms with Gasteiger partial charge in [0.15, 0.2) is 0 Å². The van der Waals surface area contributed by atoms with Crippen molar-refractivity contribution >= 4 is 0 Å². The van der Waals surface area contributed by atoms with Gasteiger partial charge < -0.3 is 5.32 Å². The third kappa shape index (κ3) is 2.39. The Morgan fingerprint density at radius 2 is 2.29 bits per heavy atom. The van der Waals surface area contributed by atoms with Crippen LogP contribution in [0.5, 0.6) is 0 Å². The zero-order valence-corrected chi connectivity index (χ0v) is 11.6. The van der Waals surface area contributed by atoms with Crippen molar-refractivity contribution in [1.82, 2.24) is 15.1 Å². The van der Waals surface area contributed by atoms with Crippen molar-refractivity contribution in [3.8, 4) is 0 Å². The Bertz CT molecular complexity index is 373. The molecule has 1 atom stereocenters. The molecule has 2 rings (SSSR count). The monoisotopic (exact) mass is 235 g/mol. The summed E-state index contributed by atoms with van der Waals surface area (Å²) in [4.78, 5) is 0. The Morgan fingerprint density at radius 3 is 2.82 bits per heavy atom. The van der Waals surface area contributed by atoms with Crippen LogP contribution in [0.4, 0.5) is 0 Å². The normalized spacial score (nSPS) is 24.8. The second-order valence-corrected chi connectivity index (χ2v) is 5.61. The van der Waals surface area contributed by atoms with Crippen LogP contribution in [0.3, 0.4) is 0 Å². The molecule has 17 heavy (non-hydrogen) atoms. The third-order valence-electron chi connectivity index (χ3n) is 4.16. The van der Waals surface area contributed by atoms with Crippen LogP contribution >= 0.6 is 0 Å². The quantitative estimate of drug-likeness (QED) is 0.869. The molecular formula is C14H25N3. The number of aromatic nitrogens is 2. The van der Waals surface area contributed by atoms with E-state index in [2.05, 4.69) is 48.9 Å². The molecule has 3 heteroatoms. The molecule has 0 saturated carbocycles. The molecule has 1 N–H and O–H groups in total. The smallest absolute Gasteiger partial charge is 0.0596 e. The van der Waals surface area contributed by atoms with Gasteiger partial charge in [-0.3, -0.25) is 4.68 Å². The van der Waals surface area contributed by atoms with Gasteiger partial charge in [0.2, 0.25) is 0 Å². The molecule has 1 aromatic heterocycles. The maximum Gasteiger partial charge on any atom is 0.0596 e. The van der Waals surface area contributed by atoms with Crippen molar-refractivity contribution in [3.63, 3.8) is 0 Å². The second kappa shape index (κ2) is 4.81. The Hall–Kier alpha value is -0.830. The van der Waals surface area contributed by atoms with Crippen LogP contribution in [0.1, 0.15) is 45.0 Å². The fraction of sp³-hybridized carbons (Fsp3) is 0.786. The molecule has 0 amide bonds. The number of nitrogens with one attached hydrogen (secondary N) is 1. The van der Waals surface area contributed by atoms with Gasteiger partial charge in [0.25, 0.3) is 0 Å². The average molecular weight is 235 g/mol. The minimum Gasteiger partial charge on any atom is -0.311 e. The topological polar surface area (TPSA) is 29.9 Å². The predicted octanol–water partition coefficient (Wildman–Crippen LogP) is 2.53. The zero-order valence-electron chi connectivity index (χ0n) is 11.6. The van der Waals surface area contributed by atoms with E-state index >= 15 is 0 Å². The molecule has 3 nitrogen and oxygen atoms in total. The average Bonchev–Trinajstić information content (AvgIpc) is 2.86. The molecule has 1 aliphatic heterocycles. The fourth-order valence-corrected chi connectivity index (χ4v) is 3.02. The minimum atomic E-state index is 0.291. The van der Waals surface area contributed by atoms with Gasteiger partial charge in [-0.15, -0.1) is 0 Å².